The van der Waals surface area contributed by atoms with Crippen LogP contribution < -0.4 is 15.9 Å². The molecule has 0 unspecified atom stereocenters. The Labute approximate surface area is 257 Å². The monoisotopic (exact) mass is 610 g/mol. The van der Waals surface area contributed by atoms with Gasteiger partial charge >= 0.3 is 0 Å². The van der Waals surface area contributed by atoms with Crippen molar-refractivity contribution in [1.29, 1.82) is 0 Å². The molecule has 0 aliphatic rings. The van der Waals surface area contributed by atoms with Gasteiger partial charge in [-0.1, -0.05) is 77.8 Å². The highest BCUT2D eigenvalue weighted by Crippen LogP contribution is 2.34. The molecule has 0 fully saturated rings. The molecule has 2 heterocycles. The minimum Gasteiger partial charge on any atom is -0.489 e. The van der Waals surface area contributed by atoms with Gasteiger partial charge in [-0.2, -0.15) is 0 Å². The fourth-order valence-corrected chi connectivity index (χ4v) is 5.88. The molecule has 216 valence electrons. The van der Waals surface area contributed by atoms with Crippen LogP contribution in [-0.2, 0) is 6.61 Å². The molecule has 0 amide bonds. The molecule has 43 heavy (non-hydrogen) atoms. The summed E-state index contributed by atoms with van der Waals surface area (Å²) in [6.07, 6.45) is 0. The lowest BCUT2D eigenvalue weighted by Gasteiger charge is -2.17. The van der Waals surface area contributed by atoms with Gasteiger partial charge in [-0.15, -0.1) is 0 Å². The number of para-hydroxylation sites is 2. The van der Waals surface area contributed by atoms with Crippen molar-refractivity contribution in [2.24, 2.45) is 0 Å². The Kier molecular flexibility index (Phi) is 7.84. The minimum absolute atomic E-state index is 0.193. The molecular formula is C34H28Cl2N4O3. The Morgan fingerprint density at radius 1 is 0.651 bits per heavy atom. The van der Waals surface area contributed by atoms with Gasteiger partial charge in [0.1, 0.15) is 12.4 Å². The number of aromatic nitrogens is 4. The topological polar surface area (TPSA) is 84.8 Å². The third-order valence-corrected chi connectivity index (χ3v) is 8.21. The molecule has 0 saturated carbocycles. The highest BCUT2D eigenvalue weighted by molar-refractivity contribution is 6.35. The van der Waals surface area contributed by atoms with Gasteiger partial charge in [-0.05, 0) is 67.9 Å². The van der Waals surface area contributed by atoms with Crippen LogP contribution in [0.3, 0.4) is 0 Å². The van der Waals surface area contributed by atoms with Gasteiger partial charge in [0.2, 0.25) is 0 Å². The van der Waals surface area contributed by atoms with E-state index in [1.807, 2.05) is 98.8 Å². The first kappa shape index (κ1) is 28.4. The van der Waals surface area contributed by atoms with Crippen LogP contribution >= 0.6 is 23.2 Å². The SMILES string of the molecule is Cc1[nH]n(-c2ccccc2)c(=O)c1C(c1ccc(OCc2c(Cl)cccc2Cl)cc1)c1c(C)[nH]n(-c2ccccc2)c1=O. The van der Waals surface area contributed by atoms with E-state index in [0.717, 1.165) is 5.56 Å². The van der Waals surface area contributed by atoms with E-state index in [4.69, 9.17) is 27.9 Å². The predicted molar refractivity (Wildman–Crippen MR) is 170 cm³/mol. The number of hydrogen-bond acceptors (Lipinski definition) is 3. The van der Waals surface area contributed by atoms with E-state index in [9.17, 15) is 9.59 Å². The van der Waals surface area contributed by atoms with Crippen molar-refractivity contribution in [3.05, 3.63) is 168 Å². The largest absolute Gasteiger partial charge is 0.489 e. The lowest BCUT2D eigenvalue weighted by Crippen LogP contribution is -2.25. The van der Waals surface area contributed by atoms with Gasteiger partial charge in [-0.25, -0.2) is 9.36 Å². The number of H-pyrrole nitrogens is 2. The fourth-order valence-electron chi connectivity index (χ4n) is 5.38. The molecular weight excluding hydrogens is 583 g/mol. The Morgan fingerprint density at radius 3 is 1.58 bits per heavy atom. The maximum atomic E-state index is 14.0. The van der Waals surface area contributed by atoms with Gasteiger partial charge in [0.25, 0.3) is 11.1 Å². The molecule has 4 aromatic carbocycles. The quantitative estimate of drug-likeness (QED) is 0.189. The van der Waals surface area contributed by atoms with E-state index in [0.29, 0.717) is 55.2 Å². The molecule has 2 aromatic heterocycles. The summed E-state index contributed by atoms with van der Waals surface area (Å²) >= 11 is 12.6. The third kappa shape index (κ3) is 5.45. The molecule has 0 radical (unpaired) electrons. The Bertz CT molecular complexity index is 1890. The zero-order valence-electron chi connectivity index (χ0n) is 23.5. The van der Waals surface area contributed by atoms with Crippen molar-refractivity contribution in [3.63, 3.8) is 0 Å². The smallest absolute Gasteiger partial charge is 0.275 e. The number of rotatable bonds is 8. The zero-order chi connectivity index (χ0) is 30.1. The Balaban J connectivity index is 1.45. The van der Waals surface area contributed by atoms with Gasteiger partial charge in [0, 0.05) is 32.9 Å². The Morgan fingerprint density at radius 2 is 1.12 bits per heavy atom. The predicted octanol–water partition coefficient (Wildman–Crippen LogP) is 7.33. The second-order valence-electron chi connectivity index (χ2n) is 10.2. The second-order valence-corrected chi connectivity index (χ2v) is 11.1. The molecule has 0 spiro atoms. The highest BCUT2D eigenvalue weighted by Gasteiger charge is 2.31. The molecule has 2 N–H and O–H groups in total. The van der Waals surface area contributed by atoms with E-state index in [2.05, 4.69) is 10.2 Å². The number of halogens is 2. The number of ether oxygens (including phenoxy) is 1. The first-order valence-electron chi connectivity index (χ1n) is 13.7. The van der Waals surface area contributed by atoms with E-state index < -0.39 is 5.92 Å². The van der Waals surface area contributed by atoms with Crippen molar-refractivity contribution in [2.45, 2.75) is 26.4 Å². The molecule has 0 atom stereocenters. The number of hydrogen-bond donors (Lipinski definition) is 2. The molecule has 6 rings (SSSR count). The van der Waals surface area contributed by atoms with Gasteiger partial charge < -0.3 is 4.74 Å². The summed E-state index contributed by atoms with van der Waals surface area (Å²) in [7, 11) is 0. The number of benzene rings is 4. The van der Waals surface area contributed by atoms with Crippen molar-refractivity contribution >= 4 is 23.2 Å². The van der Waals surface area contributed by atoms with Crippen LogP contribution in [0.25, 0.3) is 11.4 Å². The lowest BCUT2D eigenvalue weighted by atomic mass is 9.85. The summed E-state index contributed by atoms with van der Waals surface area (Å²) in [5, 5.41) is 7.50. The van der Waals surface area contributed by atoms with Crippen LogP contribution in [0.4, 0.5) is 0 Å². The van der Waals surface area contributed by atoms with Crippen LogP contribution in [0.2, 0.25) is 10.0 Å². The van der Waals surface area contributed by atoms with E-state index in [1.165, 1.54) is 9.36 Å². The number of aromatic amines is 2. The standard InChI is InChI=1S/C34H28Cl2N4O3/c1-21-30(33(41)39(37-21)24-10-5-3-6-11-24)32(31-22(2)38-40(34(31)42)25-12-7-4-8-13-25)23-16-18-26(19-17-23)43-20-27-28(35)14-9-15-29(27)36/h3-19,32,37-38H,20H2,1-2H3. The highest BCUT2D eigenvalue weighted by atomic mass is 35.5. The van der Waals surface area contributed by atoms with Crippen molar-refractivity contribution in [2.75, 3.05) is 0 Å². The first-order chi connectivity index (χ1) is 20.8. The maximum absolute atomic E-state index is 14.0. The van der Waals surface area contributed by atoms with Crippen molar-refractivity contribution in [1.82, 2.24) is 19.6 Å². The van der Waals surface area contributed by atoms with Gasteiger partial charge in [0.05, 0.1) is 22.5 Å². The summed E-state index contributed by atoms with van der Waals surface area (Å²) in [6.45, 7) is 3.90. The van der Waals surface area contributed by atoms with Crippen molar-refractivity contribution in [3.8, 4) is 17.1 Å². The molecule has 9 heteroatoms. The summed E-state index contributed by atoms with van der Waals surface area (Å²) in [6, 6.07) is 31.4. The van der Waals surface area contributed by atoms with Crippen LogP contribution in [0, 0.1) is 13.8 Å². The molecule has 0 aliphatic carbocycles. The molecule has 0 bridgehead atoms. The lowest BCUT2D eigenvalue weighted by molar-refractivity contribution is 0.306. The number of nitrogens with one attached hydrogen (secondary N) is 2. The Hall–Kier alpha value is -4.72. The van der Waals surface area contributed by atoms with Crippen molar-refractivity contribution < 1.29 is 4.74 Å². The summed E-state index contributed by atoms with van der Waals surface area (Å²) in [4.78, 5) is 28.1. The van der Waals surface area contributed by atoms with Crippen LogP contribution in [0.1, 0.15) is 39.6 Å². The summed E-state index contributed by atoms with van der Waals surface area (Å²) < 4.78 is 9.03. The minimum atomic E-state index is -0.658. The fraction of sp³-hybridized carbons (Fsp3) is 0.118. The van der Waals surface area contributed by atoms with Gasteiger partial charge in [-0.3, -0.25) is 19.8 Å². The van der Waals surface area contributed by atoms with Gasteiger partial charge in [0.15, 0.2) is 0 Å². The third-order valence-electron chi connectivity index (χ3n) is 7.50. The van der Waals surface area contributed by atoms with Crippen LogP contribution in [0.15, 0.2) is 113 Å². The summed E-state index contributed by atoms with van der Waals surface area (Å²) in [5.74, 6) is -0.0621. The normalized spacial score (nSPS) is 11.3. The molecule has 6 aromatic rings. The van der Waals surface area contributed by atoms with E-state index in [-0.39, 0.29) is 17.7 Å². The maximum Gasteiger partial charge on any atom is 0.275 e. The molecule has 0 aliphatic heterocycles. The van der Waals surface area contributed by atoms with E-state index >= 15 is 0 Å². The summed E-state index contributed by atoms with van der Waals surface area (Å²) in [5.41, 5.74) is 4.72. The average Bonchev–Trinajstić information content (AvgIpc) is 3.48. The average molecular weight is 612 g/mol. The van der Waals surface area contributed by atoms with Crippen LogP contribution in [-0.4, -0.2) is 19.6 Å². The second kappa shape index (κ2) is 11.9. The van der Waals surface area contributed by atoms with E-state index in [1.54, 1.807) is 18.2 Å². The van der Waals surface area contributed by atoms with Crippen LogP contribution in [0.5, 0.6) is 5.75 Å². The molecule has 7 nitrogen and oxygen atoms in total. The number of nitrogens with zero attached hydrogens (tertiary/aromatic N) is 2. The number of aryl methyl sites for hydroxylation is 2. The zero-order valence-corrected chi connectivity index (χ0v) is 25.0. The molecule has 0 saturated heterocycles. The first-order valence-corrected chi connectivity index (χ1v) is 14.5.